The molecule has 0 amide bonds. The third-order valence-corrected chi connectivity index (χ3v) is 3.79. The Morgan fingerprint density at radius 3 is 2.72 bits per heavy atom. The van der Waals surface area contributed by atoms with Crippen molar-refractivity contribution in [3.63, 3.8) is 0 Å². The Kier molecular flexibility index (Phi) is 4.87. The summed E-state index contributed by atoms with van der Waals surface area (Å²) in [6.07, 6.45) is 2.44. The number of halogens is 1. The zero-order valence-corrected chi connectivity index (χ0v) is 11.5. The molecule has 1 fully saturated rings. The number of benzene rings is 1. The minimum absolute atomic E-state index is 0.0135. The first-order chi connectivity index (χ1) is 8.76. The fourth-order valence-corrected chi connectivity index (χ4v) is 2.73. The van der Waals surface area contributed by atoms with Gasteiger partial charge in [-0.2, -0.15) is 0 Å². The molecule has 1 saturated heterocycles. The van der Waals surface area contributed by atoms with Crippen LogP contribution >= 0.6 is 11.6 Å². The predicted molar refractivity (Wildman–Crippen MR) is 74.2 cm³/mol. The molecule has 1 aliphatic rings. The Balaban J connectivity index is 2.07. The van der Waals surface area contributed by atoms with Crippen molar-refractivity contribution >= 4 is 17.3 Å². The van der Waals surface area contributed by atoms with Gasteiger partial charge in [-0.05, 0) is 31.9 Å². The Hall–Kier alpha value is -0.770. The van der Waals surface area contributed by atoms with E-state index in [1.54, 1.807) is 0 Å². The molecule has 1 heterocycles. The molecule has 1 aromatic carbocycles. The van der Waals surface area contributed by atoms with Crippen LogP contribution < -0.4 is 4.90 Å². The molecular formula is C14H20ClNO2. The first-order valence-electron chi connectivity index (χ1n) is 6.51. The summed E-state index contributed by atoms with van der Waals surface area (Å²) in [6.45, 7) is 4.72. The van der Waals surface area contributed by atoms with Crippen molar-refractivity contribution in [1.29, 1.82) is 0 Å². The predicted octanol–water partition coefficient (Wildman–Crippen LogP) is 2.84. The largest absolute Gasteiger partial charge is 0.392 e. The highest BCUT2D eigenvalue weighted by atomic mass is 35.5. The molecule has 0 bridgehead atoms. The van der Waals surface area contributed by atoms with Crippen LogP contribution in [0.25, 0.3) is 0 Å². The second kappa shape index (κ2) is 6.41. The Bertz CT molecular complexity index is 389. The van der Waals surface area contributed by atoms with Gasteiger partial charge < -0.3 is 14.7 Å². The van der Waals surface area contributed by atoms with Crippen molar-refractivity contribution < 1.29 is 9.84 Å². The van der Waals surface area contributed by atoms with E-state index in [1.165, 1.54) is 0 Å². The van der Waals surface area contributed by atoms with Gasteiger partial charge >= 0.3 is 0 Å². The number of piperidine rings is 1. The summed E-state index contributed by atoms with van der Waals surface area (Å²) >= 11 is 6.12. The number of aliphatic hydroxyl groups is 1. The van der Waals surface area contributed by atoms with E-state index in [0.29, 0.717) is 11.1 Å². The average Bonchev–Trinajstić information content (AvgIpc) is 2.40. The molecule has 1 aromatic rings. The molecule has 1 aliphatic heterocycles. The van der Waals surface area contributed by atoms with Crippen LogP contribution in [0.4, 0.5) is 5.69 Å². The molecule has 0 saturated carbocycles. The van der Waals surface area contributed by atoms with Gasteiger partial charge in [-0.15, -0.1) is 0 Å². The lowest BCUT2D eigenvalue weighted by atomic mass is 10.0. The SMILES string of the molecule is CCOC1CCN(c2cccc(Cl)c2CO)CC1. The second-order valence-corrected chi connectivity index (χ2v) is 4.94. The highest BCUT2D eigenvalue weighted by molar-refractivity contribution is 6.31. The molecule has 0 aliphatic carbocycles. The van der Waals surface area contributed by atoms with Crippen molar-refractivity contribution in [1.82, 2.24) is 0 Å². The Morgan fingerprint density at radius 2 is 2.11 bits per heavy atom. The Labute approximate surface area is 113 Å². The molecule has 4 heteroatoms. The summed E-state index contributed by atoms with van der Waals surface area (Å²) in [5.41, 5.74) is 1.88. The molecule has 0 radical (unpaired) electrons. The molecule has 0 aromatic heterocycles. The average molecular weight is 270 g/mol. The molecule has 100 valence electrons. The van der Waals surface area contributed by atoms with Gasteiger partial charge in [0.15, 0.2) is 0 Å². The van der Waals surface area contributed by atoms with E-state index in [1.807, 2.05) is 25.1 Å². The lowest BCUT2D eigenvalue weighted by Crippen LogP contribution is -2.37. The van der Waals surface area contributed by atoms with Crippen molar-refractivity contribution in [2.45, 2.75) is 32.5 Å². The molecule has 1 N–H and O–H groups in total. The topological polar surface area (TPSA) is 32.7 Å². The number of hydrogen-bond donors (Lipinski definition) is 1. The summed E-state index contributed by atoms with van der Waals surface area (Å²) in [7, 11) is 0. The van der Waals surface area contributed by atoms with E-state index in [4.69, 9.17) is 16.3 Å². The number of anilines is 1. The molecule has 2 rings (SSSR count). The van der Waals surface area contributed by atoms with Crippen LogP contribution in [0, 0.1) is 0 Å². The van der Waals surface area contributed by atoms with Gasteiger partial charge in [-0.1, -0.05) is 17.7 Å². The fraction of sp³-hybridized carbons (Fsp3) is 0.571. The summed E-state index contributed by atoms with van der Waals surface area (Å²) in [4.78, 5) is 2.28. The normalized spacial score (nSPS) is 17.2. The smallest absolute Gasteiger partial charge is 0.0716 e. The molecule has 18 heavy (non-hydrogen) atoms. The van der Waals surface area contributed by atoms with Gasteiger partial charge in [0.2, 0.25) is 0 Å². The van der Waals surface area contributed by atoms with Gasteiger partial charge in [-0.25, -0.2) is 0 Å². The molecule has 0 spiro atoms. The maximum atomic E-state index is 9.43. The maximum absolute atomic E-state index is 9.43. The van der Waals surface area contributed by atoms with E-state index in [-0.39, 0.29) is 6.61 Å². The van der Waals surface area contributed by atoms with Crippen LogP contribution in [0.3, 0.4) is 0 Å². The highest BCUT2D eigenvalue weighted by Gasteiger charge is 2.21. The maximum Gasteiger partial charge on any atom is 0.0716 e. The third kappa shape index (κ3) is 2.97. The van der Waals surface area contributed by atoms with E-state index in [9.17, 15) is 5.11 Å². The minimum atomic E-state index is -0.0135. The van der Waals surface area contributed by atoms with Gasteiger partial charge in [0.1, 0.15) is 0 Å². The lowest BCUT2D eigenvalue weighted by Gasteiger charge is -2.34. The summed E-state index contributed by atoms with van der Waals surface area (Å²) in [5, 5.41) is 10.1. The van der Waals surface area contributed by atoms with Crippen LogP contribution in [0.15, 0.2) is 18.2 Å². The van der Waals surface area contributed by atoms with Gasteiger partial charge in [0, 0.05) is 36.0 Å². The summed E-state index contributed by atoms with van der Waals surface area (Å²) in [5.74, 6) is 0. The third-order valence-electron chi connectivity index (χ3n) is 3.44. The van der Waals surface area contributed by atoms with E-state index < -0.39 is 0 Å². The summed E-state index contributed by atoms with van der Waals surface area (Å²) in [6, 6.07) is 5.79. The van der Waals surface area contributed by atoms with Crippen molar-refractivity contribution in [2.24, 2.45) is 0 Å². The zero-order valence-electron chi connectivity index (χ0n) is 10.7. The van der Waals surface area contributed by atoms with Crippen LogP contribution in [-0.2, 0) is 11.3 Å². The quantitative estimate of drug-likeness (QED) is 0.912. The molecular weight excluding hydrogens is 250 g/mol. The molecule has 0 atom stereocenters. The van der Waals surface area contributed by atoms with Crippen molar-refractivity contribution in [3.05, 3.63) is 28.8 Å². The van der Waals surface area contributed by atoms with E-state index in [2.05, 4.69) is 4.90 Å². The number of rotatable bonds is 4. The highest BCUT2D eigenvalue weighted by Crippen LogP contribution is 2.30. The van der Waals surface area contributed by atoms with Crippen molar-refractivity contribution in [2.75, 3.05) is 24.6 Å². The summed E-state index contributed by atoms with van der Waals surface area (Å²) < 4.78 is 5.65. The van der Waals surface area contributed by atoms with Crippen LogP contribution in [0.1, 0.15) is 25.3 Å². The van der Waals surface area contributed by atoms with Crippen LogP contribution in [-0.4, -0.2) is 30.9 Å². The first-order valence-corrected chi connectivity index (χ1v) is 6.88. The van der Waals surface area contributed by atoms with E-state index >= 15 is 0 Å². The second-order valence-electron chi connectivity index (χ2n) is 4.54. The first kappa shape index (κ1) is 13.7. The van der Waals surface area contributed by atoms with E-state index in [0.717, 1.165) is 43.8 Å². The zero-order chi connectivity index (χ0) is 13.0. The Morgan fingerprint density at radius 1 is 1.39 bits per heavy atom. The van der Waals surface area contributed by atoms with Crippen LogP contribution in [0.5, 0.6) is 0 Å². The van der Waals surface area contributed by atoms with Gasteiger partial charge in [0.25, 0.3) is 0 Å². The fourth-order valence-electron chi connectivity index (χ4n) is 2.50. The molecule has 0 unspecified atom stereocenters. The van der Waals surface area contributed by atoms with Gasteiger partial charge in [-0.3, -0.25) is 0 Å². The standard InChI is InChI=1S/C14H20ClNO2/c1-2-18-11-6-8-16(9-7-11)14-5-3-4-13(15)12(14)10-17/h3-5,11,17H,2,6-10H2,1H3. The number of ether oxygens (including phenoxy) is 1. The van der Waals surface area contributed by atoms with Crippen molar-refractivity contribution in [3.8, 4) is 0 Å². The van der Waals surface area contributed by atoms with Crippen LogP contribution in [0.2, 0.25) is 5.02 Å². The number of aliphatic hydroxyl groups excluding tert-OH is 1. The lowest BCUT2D eigenvalue weighted by molar-refractivity contribution is 0.0459. The monoisotopic (exact) mass is 269 g/mol. The van der Waals surface area contributed by atoms with Gasteiger partial charge in [0.05, 0.1) is 12.7 Å². The molecule has 3 nitrogen and oxygen atoms in total. The minimum Gasteiger partial charge on any atom is -0.392 e. The number of nitrogens with zero attached hydrogens (tertiary/aromatic N) is 1. The number of hydrogen-bond acceptors (Lipinski definition) is 3.